The van der Waals surface area contributed by atoms with Crippen LogP contribution in [0.1, 0.15) is 11.1 Å². The zero-order chi connectivity index (χ0) is 13.9. The minimum Gasteiger partial charge on any atom is -0.444 e. The van der Waals surface area contributed by atoms with Crippen LogP contribution in [0.25, 0.3) is 0 Å². The van der Waals surface area contributed by atoms with Crippen LogP contribution in [0.15, 0.2) is 53.0 Å². The van der Waals surface area contributed by atoms with Gasteiger partial charge in [-0.2, -0.15) is 0 Å². The van der Waals surface area contributed by atoms with Gasteiger partial charge in [0, 0.05) is 11.0 Å². The third kappa shape index (κ3) is 2.70. The summed E-state index contributed by atoms with van der Waals surface area (Å²) in [6.45, 7) is 0.985. The van der Waals surface area contributed by atoms with Crippen LogP contribution >= 0.6 is 15.9 Å². The largest absolute Gasteiger partial charge is 0.444 e. The van der Waals surface area contributed by atoms with Crippen molar-refractivity contribution in [3.63, 3.8) is 0 Å². The molecule has 0 saturated heterocycles. The fourth-order valence-corrected chi connectivity index (χ4v) is 2.69. The molecule has 3 rings (SSSR count). The van der Waals surface area contributed by atoms with Crippen LogP contribution < -0.4 is 4.90 Å². The Morgan fingerprint density at radius 2 is 2.00 bits per heavy atom. The van der Waals surface area contributed by atoms with Crippen molar-refractivity contribution in [1.29, 1.82) is 0 Å². The Balaban J connectivity index is 1.69. The number of ether oxygens (including phenoxy) is 1. The fraction of sp³-hybridized carbons (Fsp3) is 0.188. The van der Waals surface area contributed by atoms with Gasteiger partial charge in [0.2, 0.25) is 0 Å². The molecular formula is C16H14BrNO2. The molecule has 0 saturated carbocycles. The molecule has 3 nitrogen and oxygen atoms in total. The molecule has 1 amide bonds. The first-order chi connectivity index (χ1) is 9.74. The molecule has 1 aliphatic rings. The molecule has 2 aromatic carbocycles. The standard InChI is InChI=1S/C16H14BrNO2/c17-14-7-6-13-8-9-18(15(13)10-14)16(19)20-11-12-4-2-1-3-5-12/h1-7,10H,8-9,11H2. The monoisotopic (exact) mass is 331 g/mol. The van der Waals surface area contributed by atoms with Gasteiger partial charge in [-0.05, 0) is 29.7 Å². The zero-order valence-electron chi connectivity index (χ0n) is 10.9. The van der Waals surface area contributed by atoms with Crippen LogP contribution in [-0.4, -0.2) is 12.6 Å². The van der Waals surface area contributed by atoms with Gasteiger partial charge >= 0.3 is 6.09 Å². The number of halogens is 1. The first-order valence-corrected chi connectivity index (χ1v) is 7.30. The fourth-order valence-electron chi connectivity index (χ4n) is 2.34. The van der Waals surface area contributed by atoms with E-state index >= 15 is 0 Å². The van der Waals surface area contributed by atoms with Gasteiger partial charge < -0.3 is 4.74 Å². The van der Waals surface area contributed by atoms with E-state index in [1.165, 1.54) is 5.56 Å². The first kappa shape index (κ1) is 13.2. The summed E-state index contributed by atoms with van der Waals surface area (Å²) < 4.78 is 6.35. The lowest BCUT2D eigenvalue weighted by Crippen LogP contribution is -2.29. The summed E-state index contributed by atoms with van der Waals surface area (Å²) in [6, 6.07) is 15.7. The summed E-state index contributed by atoms with van der Waals surface area (Å²) in [5.41, 5.74) is 3.12. The number of carbonyl (C=O) groups is 1. The average Bonchev–Trinajstić information content (AvgIpc) is 2.89. The summed E-state index contributed by atoms with van der Waals surface area (Å²) in [4.78, 5) is 13.9. The third-order valence-electron chi connectivity index (χ3n) is 3.37. The maximum absolute atomic E-state index is 12.2. The van der Waals surface area contributed by atoms with E-state index in [0.29, 0.717) is 13.2 Å². The molecule has 0 unspecified atom stereocenters. The number of hydrogen-bond donors (Lipinski definition) is 0. The quantitative estimate of drug-likeness (QED) is 0.827. The minimum absolute atomic E-state index is 0.286. The normalized spacial score (nSPS) is 13.2. The van der Waals surface area contributed by atoms with Gasteiger partial charge in [0.15, 0.2) is 0 Å². The van der Waals surface area contributed by atoms with Crippen molar-refractivity contribution < 1.29 is 9.53 Å². The molecular weight excluding hydrogens is 318 g/mol. The minimum atomic E-state index is -0.286. The molecule has 0 spiro atoms. The second kappa shape index (κ2) is 5.67. The summed E-state index contributed by atoms with van der Waals surface area (Å²) in [6.07, 6.45) is 0.592. The number of amides is 1. The van der Waals surface area contributed by atoms with Gasteiger partial charge in [-0.15, -0.1) is 0 Å². The van der Waals surface area contributed by atoms with Crippen molar-refractivity contribution in [3.8, 4) is 0 Å². The van der Waals surface area contributed by atoms with Crippen molar-refractivity contribution in [3.05, 3.63) is 64.1 Å². The summed E-state index contributed by atoms with van der Waals surface area (Å²) in [5.74, 6) is 0. The molecule has 0 aromatic heterocycles. The first-order valence-electron chi connectivity index (χ1n) is 6.51. The molecule has 0 radical (unpaired) electrons. The van der Waals surface area contributed by atoms with E-state index < -0.39 is 0 Å². The summed E-state index contributed by atoms with van der Waals surface area (Å²) in [7, 11) is 0. The molecule has 0 atom stereocenters. The number of anilines is 1. The zero-order valence-corrected chi connectivity index (χ0v) is 12.5. The van der Waals surface area contributed by atoms with Crippen molar-refractivity contribution >= 4 is 27.7 Å². The Morgan fingerprint density at radius 1 is 1.20 bits per heavy atom. The molecule has 2 aromatic rings. The lowest BCUT2D eigenvalue weighted by atomic mass is 10.2. The van der Waals surface area contributed by atoms with Crippen LogP contribution in [0, 0.1) is 0 Å². The second-order valence-electron chi connectivity index (χ2n) is 4.71. The van der Waals surface area contributed by atoms with E-state index in [2.05, 4.69) is 15.9 Å². The number of benzene rings is 2. The Kier molecular flexibility index (Phi) is 3.74. The van der Waals surface area contributed by atoms with Gasteiger partial charge in [0.05, 0.1) is 5.69 Å². The Bertz CT molecular complexity index is 628. The highest BCUT2D eigenvalue weighted by molar-refractivity contribution is 9.10. The van der Waals surface area contributed by atoms with Crippen LogP contribution in [-0.2, 0) is 17.8 Å². The highest BCUT2D eigenvalue weighted by Gasteiger charge is 2.25. The van der Waals surface area contributed by atoms with Crippen LogP contribution in [0.3, 0.4) is 0 Å². The van der Waals surface area contributed by atoms with E-state index in [0.717, 1.165) is 22.1 Å². The smallest absolute Gasteiger partial charge is 0.414 e. The predicted molar refractivity (Wildman–Crippen MR) is 81.8 cm³/mol. The maximum Gasteiger partial charge on any atom is 0.414 e. The molecule has 4 heteroatoms. The van der Waals surface area contributed by atoms with Gasteiger partial charge in [-0.1, -0.05) is 52.3 Å². The van der Waals surface area contributed by atoms with Crippen molar-refractivity contribution in [2.75, 3.05) is 11.4 Å². The lowest BCUT2D eigenvalue weighted by molar-refractivity contribution is 0.147. The van der Waals surface area contributed by atoms with E-state index in [1.54, 1.807) is 4.90 Å². The molecule has 102 valence electrons. The number of hydrogen-bond acceptors (Lipinski definition) is 2. The average molecular weight is 332 g/mol. The molecule has 1 heterocycles. The molecule has 0 aliphatic carbocycles. The molecule has 0 bridgehead atoms. The number of fused-ring (bicyclic) bond motifs is 1. The topological polar surface area (TPSA) is 29.5 Å². The van der Waals surface area contributed by atoms with E-state index in [-0.39, 0.29) is 6.09 Å². The highest BCUT2D eigenvalue weighted by Crippen LogP contribution is 2.31. The molecule has 0 N–H and O–H groups in total. The second-order valence-corrected chi connectivity index (χ2v) is 5.63. The maximum atomic E-state index is 12.2. The predicted octanol–water partition coefficient (Wildman–Crippen LogP) is 4.15. The highest BCUT2D eigenvalue weighted by atomic mass is 79.9. The molecule has 0 fully saturated rings. The van der Waals surface area contributed by atoms with Crippen LogP contribution in [0.2, 0.25) is 0 Å². The van der Waals surface area contributed by atoms with Gasteiger partial charge in [-0.25, -0.2) is 4.79 Å². The lowest BCUT2D eigenvalue weighted by Gasteiger charge is -2.17. The summed E-state index contributed by atoms with van der Waals surface area (Å²) in [5, 5.41) is 0. The van der Waals surface area contributed by atoms with E-state index in [1.807, 2.05) is 48.5 Å². The van der Waals surface area contributed by atoms with Crippen molar-refractivity contribution in [2.45, 2.75) is 13.0 Å². The van der Waals surface area contributed by atoms with Crippen molar-refractivity contribution in [1.82, 2.24) is 0 Å². The molecule has 20 heavy (non-hydrogen) atoms. The Morgan fingerprint density at radius 3 is 2.80 bits per heavy atom. The van der Waals surface area contributed by atoms with Gasteiger partial charge in [0.25, 0.3) is 0 Å². The van der Waals surface area contributed by atoms with E-state index in [4.69, 9.17) is 4.74 Å². The Labute approximate surface area is 126 Å². The summed E-state index contributed by atoms with van der Waals surface area (Å²) >= 11 is 3.44. The van der Waals surface area contributed by atoms with E-state index in [9.17, 15) is 4.79 Å². The number of rotatable bonds is 2. The Hall–Kier alpha value is -1.81. The number of carbonyl (C=O) groups excluding carboxylic acids is 1. The van der Waals surface area contributed by atoms with Gasteiger partial charge in [-0.3, -0.25) is 4.90 Å². The third-order valence-corrected chi connectivity index (χ3v) is 3.86. The molecule has 1 aliphatic heterocycles. The number of nitrogens with zero attached hydrogens (tertiary/aromatic N) is 1. The van der Waals surface area contributed by atoms with Crippen molar-refractivity contribution in [2.24, 2.45) is 0 Å². The van der Waals surface area contributed by atoms with Crippen LogP contribution in [0.4, 0.5) is 10.5 Å². The van der Waals surface area contributed by atoms with Crippen LogP contribution in [0.5, 0.6) is 0 Å². The van der Waals surface area contributed by atoms with Gasteiger partial charge in [0.1, 0.15) is 6.61 Å². The SMILES string of the molecule is O=C(OCc1ccccc1)N1CCc2ccc(Br)cc21.